The average Bonchev–Trinajstić information content (AvgIpc) is 2.26. The average molecular weight is 222 g/mol. The highest BCUT2D eigenvalue weighted by Crippen LogP contribution is 2.13. The second-order valence-corrected chi connectivity index (χ2v) is 3.86. The van der Waals surface area contributed by atoms with Crippen molar-refractivity contribution in [1.29, 1.82) is 0 Å². The van der Waals surface area contributed by atoms with Gasteiger partial charge in [-0.2, -0.15) is 0 Å². The fourth-order valence-corrected chi connectivity index (χ4v) is 1.09. The van der Waals surface area contributed by atoms with E-state index in [0.717, 1.165) is 0 Å². The van der Waals surface area contributed by atoms with Crippen molar-refractivity contribution in [2.24, 2.45) is 5.92 Å². The van der Waals surface area contributed by atoms with E-state index in [9.17, 15) is 9.59 Å². The van der Waals surface area contributed by atoms with Crippen LogP contribution in [0.4, 0.5) is 0 Å². The summed E-state index contributed by atoms with van der Waals surface area (Å²) in [6.45, 7) is 4.65. The highest BCUT2D eigenvalue weighted by Gasteiger charge is 2.13. The number of carboxylic acids is 1. The van der Waals surface area contributed by atoms with Gasteiger partial charge in [0.2, 0.25) is 0 Å². The van der Waals surface area contributed by atoms with Crippen LogP contribution in [0.5, 0.6) is 5.75 Å². The Morgan fingerprint density at radius 2 is 1.81 bits per heavy atom. The molecule has 0 aromatic heterocycles. The zero-order valence-corrected chi connectivity index (χ0v) is 9.27. The molecule has 4 nitrogen and oxygen atoms in total. The molecule has 0 saturated carbocycles. The maximum Gasteiger partial charge on any atom is 0.377 e. The third-order valence-corrected chi connectivity index (χ3v) is 1.89. The molecule has 0 spiro atoms. The fourth-order valence-electron chi connectivity index (χ4n) is 1.09. The van der Waals surface area contributed by atoms with Crippen molar-refractivity contribution in [2.75, 3.05) is 6.61 Å². The van der Waals surface area contributed by atoms with Crippen LogP contribution in [0, 0.1) is 5.92 Å². The topological polar surface area (TPSA) is 63.6 Å². The maximum absolute atomic E-state index is 11.1. The van der Waals surface area contributed by atoms with E-state index in [4.69, 9.17) is 9.84 Å². The minimum absolute atomic E-state index is 0.157. The third-order valence-electron chi connectivity index (χ3n) is 1.89. The molecule has 0 aliphatic rings. The Morgan fingerprint density at radius 3 is 2.25 bits per heavy atom. The molecule has 1 N–H and O–H groups in total. The van der Waals surface area contributed by atoms with Gasteiger partial charge in [-0.3, -0.25) is 4.79 Å². The number of carbonyl (C=O) groups excluding carboxylic acids is 1. The molecule has 86 valence electrons. The second kappa shape index (κ2) is 5.30. The van der Waals surface area contributed by atoms with Gasteiger partial charge in [0, 0.05) is 5.56 Å². The van der Waals surface area contributed by atoms with Gasteiger partial charge in [-0.15, -0.1) is 0 Å². The fraction of sp³-hybridized carbons (Fsp3) is 0.333. The number of ether oxygens (including phenoxy) is 1. The summed E-state index contributed by atoms with van der Waals surface area (Å²) >= 11 is 0. The maximum atomic E-state index is 11.1. The number of Topliss-reactive ketones (excluding diaryl/α,β-unsaturated/α-hetero) is 1. The summed E-state index contributed by atoms with van der Waals surface area (Å²) in [5, 5.41) is 8.50. The Kier molecular flexibility index (Phi) is 4.05. The van der Waals surface area contributed by atoms with Crippen LogP contribution < -0.4 is 4.74 Å². The van der Waals surface area contributed by atoms with E-state index >= 15 is 0 Å². The molecule has 16 heavy (non-hydrogen) atoms. The van der Waals surface area contributed by atoms with Crippen molar-refractivity contribution < 1.29 is 19.4 Å². The predicted octanol–water partition coefficient (Wildman–Crippen LogP) is 1.99. The number of aliphatic carboxylic acids is 1. The van der Waals surface area contributed by atoms with Gasteiger partial charge in [0.1, 0.15) is 5.75 Å². The monoisotopic (exact) mass is 222 g/mol. The number of hydrogen-bond acceptors (Lipinski definition) is 3. The molecule has 1 aromatic rings. The molecule has 0 unspecified atom stereocenters. The van der Waals surface area contributed by atoms with Gasteiger partial charge < -0.3 is 9.84 Å². The van der Waals surface area contributed by atoms with Gasteiger partial charge in [0.15, 0.2) is 0 Å². The molecular formula is C12H14O4. The summed E-state index contributed by atoms with van der Waals surface area (Å²) in [7, 11) is 0. The molecule has 4 heteroatoms. The number of benzene rings is 1. The summed E-state index contributed by atoms with van der Waals surface area (Å²) in [4.78, 5) is 21.5. The van der Waals surface area contributed by atoms with Crippen LogP contribution in [-0.4, -0.2) is 23.5 Å². The Balaban J connectivity index is 2.68. The van der Waals surface area contributed by atoms with Gasteiger partial charge in [0.05, 0.1) is 6.61 Å². The van der Waals surface area contributed by atoms with Crippen LogP contribution in [0.25, 0.3) is 0 Å². The lowest BCUT2D eigenvalue weighted by molar-refractivity contribution is -0.131. The Bertz CT molecular complexity index is 379. The molecule has 0 aliphatic heterocycles. The lowest BCUT2D eigenvalue weighted by atomic mass is 10.1. The zero-order valence-electron chi connectivity index (χ0n) is 9.27. The van der Waals surface area contributed by atoms with E-state index < -0.39 is 11.8 Å². The van der Waals surface area contributed by atoms with Gasteiger partial charge in [-0.25, -0.2) is 4.79 Å². The van der Waals surface area contributed by atoms with Crippen LogP contribution in [0.15, 0.2) is 24.3 Å². The molecule has 1 aromatic carbocycles. The van der Waals surface area contributed by atoms with Gasteiger partial charge in [0.25, 0.3) is 5.78 Å². The largest absolute Gasteiger partial charge is 0.493 e. The number of ketones is 1. The second-order valence-electron chi connectivity index (χ2n) is 3.86. The molecule has 0 bridgehead atoms. The predicted molar refractivity (Wildman–Crippen MR) is 58.7 cm³/mol. The third kappa shape index (κ3) is 3.38. The molecule has 0 amide bonds. The summed E-state index contributed by atoms with van der Waals surface area (Å²) in [5.41, 5.74) is 0.157. The summed E-state index contributed by atoms with van der Waals surface area (Å²) < 4.78 is 5.40. The first-order valence-electron chi connectivity index (χ1n) is 5.01. The SMILES string of the molecule is CC(C)COc1ccc(C(=O)C(=O)O)cc1. The van der Waals surface area contributed by atoms with Gasteiger partial charge >= 0.3 is 5.97 Å². The van der Waals surface area contributed by atoms with E-state index in [2.05, 4.69) is 0 Å². The lowest BCUT2D eigenvalue weighted by Crippen LogP contribution is -2.12. The first-order valence-corrected chi connectivity index (χ1v) is 5.01. The van der Waals surface area contributed by atoms with E-state index in [-0.39, 0.29) is 5.56 Å². The van der Waals surface area contributed by atoms with E-state index in [0.29, 0.717) is 18.3 Å². The summed E-state index contributed by atoms with van der Waals surface area (Å²) in [6.07, 6.45) is 0. The smallest absolute Gasteiger partial charge is 0.377 e. The molecule has 0 atom stereocenters. The number of hydrogen-bond donors (Lipinski definition) is 1. The lowest BCUT2D eigenvalue weighted by Gasteiger charge is -2.08. The summed E-state index contributed by atoms with van der Waals surface area (Å²) in [5.74, 6) is -1.30. The van der Waals surface area contributed by atoms with Crippen molar-refractivity contribution in [3.63, 3.8) is 0 Å². The number of carbonyl (C=O) groups is 2. The van der Waals surface area contributed by atoms with Gasteiger partial charge in [-0.1, -0.05) is 13.8 Å². The minimum Gasteiger partial charge on any atom is -0.493 e. The van der Waals surface area contributed by atoms with Crippen LogP contribution >= 0.6 is 0 Å². The molecule has 0 saturated heterocycles. The van der Waals surface area contributed by atoms with Crippen molar-refractivity contribution in [1.82, 2.24) is 0 Å². The van der Waals surface area contributed by atoms with E-state index in [1.165, 1.54) is 12.1 Å². The molecule has 0 radical (unpaired) electrons. The molecule has 1 rings (SSSR count). The van der Waals surface area contributed by atoms with Crippen LogP contribution in [0.2, 0.25) is 0 Å². The Labute approximate surface area is 93.9 Å². The van der Waals surface area contributed by atoms with Crippen molar-refractivity contribution >= 4 is 11.8 Å². The minimum atomic E-state index is -1.45. The van der Waals surface area contributed by atoms with Crippen LogP contribution in [0.3, 0.4) is 0 Å². The highest BCUT2D eigenvalue weighted by atomic mass is 16.5. The van der Waals surface area contributed by atoms with Crippen molar-refractivity contribution in [3.05, 3.63) is 29.8 Å². The van der Waals surface area contributed by atoms with Crippen LogP contribution in [0.1, 0.15) is 24.2 Å². The van der Waals surface area contributed by atoms with Gasteiger partial charge in [-0.05, 0) is 30.2 Å². The zero-order chi connectivity index (χ0) is 12.1. The normalized spacial score (nSPS) is 10.2. The molecule has 0 aliphatic carbocycles. The quantitative estimate of drug-likeness (QED) is 0.611. The summed E-state index contributed by atoms with van der Waals surface area (Å²) in [6, 6.07) is 6.09. The highest BCUT2D eigenvalue weighted by molar-refractivity contribution is 6.39. The standard InChI is InChI=1S/C12H14O4/c1-8(2)7-16-10-5-3-9(4-6-10)11(13)12(14)15/h3-6,8H,7H2,1-2H3,(H,14,15). The number of rotatable bonds is 5. The number of carboxylic acid groups (broad SMARTS) is 1. The molecule has 0 heterocycles. The van der Waals surface area contributed by atoms with E-state index in [1.54, 1.807) is 12.1 Å². The van der Waals surface area contributed by atoms with Crippen molar-refractivity contribution in [2.45, 2.75) is 13.8 Å². The first kappa shape index (κ1) is 12.2. The Morgan fingerprint density at radius 1 is 1.25 bits per heavy atom. The first-order chi connectivity index (χ1) is 7.50. The van der Waals surface area contributed by atoms with Crippen molar-refractivity contribution in [3.8, 4) is 5.75 Å². The van der Waals surface area contributed by atoms with E-state index in [1.807, 2.05) is 13.8 Å². The molecular weight excluding hydrogens is 208 g/mol. The van der Waals surface area contributed by atoms with Crippen LogP contribution in [-0.2, 0) is 4.79 Å². The Hall–Kier alpha value is -1.84. The molecule has 0 fully saturated rings.